The molecule has 1 aromatic carbocycles. The molecule has 1 aromatic rings. The summed E-state index contributed by atoms with van der Waals surface area (Å²) in [6, 6.07) is 7.24. The maximum absolute atomic E-state index is 11.3. The van der Waals surface area contributed by atoms with Gasteiger partial charge in [0.1, 0.15) is 0 Å². The zero-order valence-corrected chi connectivity index (χ0v) is 12.5. The average molecular weight is 317 g/mol. The number of aliphatic carboxylic acids is 1. The average Bonchev–Trinajstić information content (AvgIpc) is 2.41. The number of thioether (sulfide) groups is 1. The van der Waals surface area contributed by atoms with Gasteiger partial charge >= 0.3 is 12.0 Å². The largest absolute Gasteiger partial charge is 0.481 e. The minimum absolute atomic E-state index is 0.0622. The number of benzene rings is 1. The number of nitrogens with one attached hydrogen (secondary N) is 2. The second-order valence-corrected chi connectivity index (χ2v) is 5.59. The molecule has 0 atom stereocenters. The van der Waals surface area contributed by atoms with Gasteiger partial charge in [0.15, 0.2) is 0 Å². The molecule has 2 amide bonds. The first-order valence-corrected chi connectivity index (χ1v) is 7.56. The van der Waals surface area contributed by atoms with Crippen LogP contribution in [-0.4, -0.2) is 35.9 Å². The van der Waals surface area contributed by atoms with Gasteiger partial charge in [0, 0.05) is 35.2 Å². The van der Waals surface area contributed by atoms with Gasteiger partial charge in [-0.1, -0.05) is 11.6 Å². The third kappa shape index (κ3) is 7.91. The molecule has 0 unspecified atom stereocenters. The summed E-state index contributed by atoms with van der Waals surface area (Å²) in [4.78, 5) is 22.7. The van der Waals surface area contributed by atoms with Crippen LogP contribution < -0.4 is 10.6 Å². The molecule has 110 valence electrons. The summed E-state index contributed by atoms with van der Waals surface area (Å²) < 4.78 is 0. The van der Waals surface area contributed by atoms with Crippen LogP contribution in [0.25, 0.3) is 0 Å². The Balaban J connectivity index is 2.04. The quantitative estimate of drug-likeness (QED) is 0.509. The molecule has 0 heterocycles. The smallest absolute Gasteiger partial charge is 0.314 e. The van der Waals surface area contributed by atoms with Crippen LogP contribution in [0.3, 0.4) is 0 Å². The Morgan fingerprint density at radius 3 is 2.45 bits per heavy atom. The number of carboxylic acids is 1. The number of amides is 2. The first kappa shape index (κ1) is 16.7. The highest BCUT2D eigenvalue weighted by molar-refractivity contribution is 7.99. The van der Waals surface area contributed by atoms with Gasteiger partial charge in [0.2, 0.25) is 0 Å². The van der Waals surface area contributed by atoms with Crippen LogP contribution in [0.5, 0.6) is 0 Å². The van der Waals surface area contributed by atoms with Crippen LogP contribution in [0.4, 0.5) is 4.79 Å². The first-order valence-electron chi connectivity index (χ1n) is 6.20. The van der Waals surface area contributed by atoms with E-state index in [2.05, 4.69) is 10.6 Å². The van der Waals surface area contributed by atoms with E-state index in [1.807, 2.05) is 24.3 Å². The molecule has 0 saturated carbocycles. The molecule has 0 aromatic heterocycles. The summed E-state index contributed by atoms with van der Waals surface area (Å²) in [6.45, 7) is 0.903. The van der Waals surface area contributed by atoms with Crippen LogP contribution in [0.2, 0.25) is 5.02 Å². The highest BCUT2D eigenvalue weighted by Crippen LogP contribution is 2.19. The molecule has 0 fully saturated rings. The standard InChI is InChI=1S/C13H17ClN2O3S/c14-10-3-5-11(6-4-10)20-9-8-16-13(19)15-7-1-2-12(17)18/h3-6H,1-2,7-9H2,(H,17,18)(H2,15,16,19). The zero-order valence-electron chi connectivity index (χ0n) is 10.9. The van der Waals surface area contributed by atoms with Crippen molar-refractivity contribution in [3.05, 3.63) is 29.3 Å². The molecule has 0 aliphatic rings. The minimum atomic E-state index is -0.855. The van der Waals surface area contributed by atoms with E-state index in [-0.39, 0.29) is 12.5 Å². The minimum Gasteiger partial charge on any atom is -0.481 e. The molecule has 0 aliphatic carbocycles. The van der Waals surface area contributed by atoms with Crippen molar-refractivity contribution in [3.8, 4) is 0 Å². The molecule has 0 aliphatic heterocycles. The van der Waals surface area contributed by atoms with Gasteiger partial charge in [0.05, 0.1) is 0 Å². The number of carbonyl (C=O) groups excluding carboxylic acids is 1. The van der Waals surface area contributed by atoms with E-state index in [0.717, 1.165) is 10.6 Å². The van der Waals surface area contributed by atoms with Crippen molar-refractivity contribution in [1.82, 2.24) is 10.6 Å². The van der Waals surface area contributed by atoms with Crippen molar-refractivity contribution in [2.75, 3.05) is 18.8 Å². The fraction of sp³-hybridized carbons (Fsp3) is 0.385. The van der Waals surface area contributed by atoms with E-state index in [1.54, 1.807) is 11.8 Å². The number of rotatable bonds is 8. The first-order chi connectivity index (χ1) is 9.58. The molecule has 1 rings (SSSR count). The van der Waals surface area contributed by atoms with Crippen molar-refractivity contribution in [1.29, 1.82) is 0 Å². The van der Waals surface area contributed by atoms with Gasteiger partial charge in [-0.15, -0.1) is 11.8 Å². The normalized spacial score (nSPS) is 10.1. The Morgan fingerprint density at radius 1 is 1.15 bits per heavy atom. The number of hydrogen-bond donors (Lipinski definition) is 3. The lowest BCUT2D eigenvalue weighted by molar-refractivity contribution is -0.137. The Bertz CT molecular complexity index is 440. The molecule has 20 heavy (non-hydrogen) atoms. The molecular formula is C13H17ClN2O3S. The lowest BCUT2D eigenvalue weighted by Crippen LogP contribution is -2.37. The van der Waals surface area contributed by atoms with Gasteiger partial charge in [-0.3, -0.25) is 4.79 Å². The summed E-state index contributed by atoms with van der Waals surface area (Å²) in [5, 5.41) is 14.5. The summed E-state index contributed by atoms with van der Waals surface area (Å²) in [5.41, 5.74) is 0. The lowest BCUT2D eigenvalue weighted by Gasteiger charge is -2.07. The molecule has 5 nitrogen and oxygen atoms in total. The van der Waals surface area contributed by atoms with Crippen molar-refractivity contribution in [3.63, 3.8) is 0 Å². The van der Waals surface area contributed by atoms with Gasteiger partial charge < -0.3 is 15.7 Å². The van der Waals surface area contributed by atoms with Crippen LogP contribution in [0.15, 0.2) is 29.2 Å². The maximum Gasteiger partial charge on any atom is 0.314 e. The molecule has 0 spiro atoms. The second kappa shape index (κ2) is 9.50. The Labute approximate surface area is 127 Å². The van der Waals surface area contributed by atoms with E-state index >= 15 is 0 Å². The summed E-state index contributed by atoms with van der Waals surface area (Å²) in [6.07, 6.45) is 0.495. The molecule has 0 bridgehead atoms. The van der Waals surface area contributed by atoms with Crippen LogP contribution in [0.1, 0.15) is 12.8 Å². The van der Waals surface area contributed by atoms with Gasteiger partial charge in [-0.05, 0) is 30.7 Å². The van der Waals surface area contributed by atoms with Crippen molar-refractivity contribution >= 4 is 35.4 Å². The SMILES string of the molecule is O=C(O)CCCNC(=O)NCCSc1ccc(Cl)cc1. The van der Waals surface area contributed by atoms with Crippen LogP contribution in [0, 0.1) is 0 Å². The van der Waals surface area contributed by atoms with E-state index in [9.17, 15) is 9.59 Å². The van der Waals surface area contributed by atoms with E-state index < -0.39 is 5.97 Å². The zero-order chi connectivity index (χ0) is 14.8. The molecular weight excluding hydrogens is 300 g/mol. The Kier molecular flexibility index (Phi) is 7.91. The van der Waals surface area contributed by atoms with E-state index in [4.69, 9.17) is 16.7 Å². The number of halogens is 1. The summed E-state index contributed by atoms with van der Waals surface area (Å²) in [7, 11) is 0. The fourth-order valence-corrected chi connectivity index (χ4v) is 2.26. The monoisotopic (exact) mass is 316 g/mol. The number of hydrogen-bond acceptors (Lipinski definition) is 3. The lowest BCUT2D eigenvalue weighted by atomic mass is 10.3. The third-order valence-corrected chi connectivity index (χ3v) is 3.59. The van der Waals surface area contributed by atoms with Gasteiger partial charge in [0.25, 0.3) is 0 Å². The Morgan fingerprint density at radius 2 is 1.80 bits per heavy atom. The molecule has 7 heteroatoms. The van der Waals surface area contributed by atoms with Crippen molar-refractivity contribution < 1.29 is 14.7 Å². The highest BCUT2D eigenvalue weighted by atomic mass is 35.5. The predicted molar refractivity (Wildman–Crippen MR) is 80.4 cm³/mol. The van der Waals surface area contributed by atoms with Crippen molar-refractivity contribution in [2.45, 2.75) is 17.7 Å². The second-order valence-electron chi connectivity index (χ2n) is 3.98. The predicted octanol–water partition coefficient (Wildman–Crippen LogP) is 2.60. The van der Waals surface area contributed by atoms with E-state index in [1.165, 1.54) is 0 Å². The topological polar surface area (TPSA) is 78.4 Å². The summed E-state index contributed by atoms with van der Waals surface area (Å²) >= 11 is 7.41. The molecule has 0 saturated heterocycles. The third-order valence-electron chi connectivity index (χ3n) is 2.32. The molecule has 3 N–H and O–H groups in total. The fourth-order valence-electron chi connectivity index (χ4n) is 1.37. The highest BCUT2D eigenvalue weighted by Gasteiger charge is 2.01. The van der Waals surface area contributed by atoms with E-state index in [0.29, 0.717) is 24.5 Å². The summed E-state index contributed by atoms with van der Waals surface area (Å²) in [5.74, 6) is -0.101. The Hall–Kier alpha value is -1.40. The van der Waals surface area contributed by atoms with Gasteiger partial charge in [-0.2, -0.15) is 0 Å². The number of urea groups is 1. The maximum atomic E-state index is 11.3. The van der Waals surface area contributed by atoms with Crippen molar-refractivity contribution in [2.24, 2.45) is 0 Å². The van der Waals surface area contributed by atoms with Crippen LogP contribution in [-0.2, 0) is 4.79 Å². The number of carboxylic acid groups (broad SMARTS) is 1. The van der Waals surface area contributed by atoms with Gasteiger partial charge in [-0.25, -0.2) is 4.79 Å². The molecule has 0 radical (unpaired) electrons. The number of carbonyl (C=O) groups is 2. The van der Waals surface area contributed by atoms with Crippen LogP contribution >= 0.6 is 23.4 Å².